The number of nitrogens with zero attached hydrogens (tertiary/aromatic N) is 2. The van der Waals surface area contributed by atoms with Gasteiger partial charge < -0.3 is 10.0 Å². The van der Waals surface area contributed by atoms with Crippen molar-refractivity contribution in [2.75, 3.05) is 25.0 Å². The molecule has 0 spiro atoms. The molecule has 2 atom stereocenters. The monoisotopic (exact) mass is 308 g/mol. The van der Waals surface area contributed by atoms with Crippen LogP contribution in [0.4, 0.5) is 5.69 Å². The quantitative estimate of drug-likeness (QED) is 0.924. The Hall–Kier alpha value is -1.84. The maximum atomic E-state index is 9.82. The van der Waals surface area contributed by atoms with Gasteiger partial charge in [0, 0.05) is 30.4 Å². The highest BCUT2D eigenvalue weighted by molar-refractivity contribution is 5.59. The maximum absolute atomic E-state index is 9.82. The van der Waals surface area contributed by atoms with E-state index in [2.05, 4.69) is 66.2 Å². The van der Waals surface area contributed by atoms with Crippen molar-refractivity contribution < 1.29 is 5.11 Å². The Morgan fingerprint density at radius 2 is 1.96 bits per heavy atom. The second-order valence-electron chi connectivity index (χ2n) is 6.88. The average Bonchev–Trinajstić information content (AvgIpc) is 2.96. The summed E-state index contributed by atoms with van der Waals surface area (Å²) < 4.78 is 0. The molecule has 2 aliphatic rings. The third kappa shape index (κ3) is 2.35. The lowest BCUT2D eigenvalue weighted by Crippen LogP contribution is -2.52. The van der Waals surface area contributed by atoms with Crippen LogP contribution in [-0.4, -0.2) is 36.2 Å². The van der Waals surface area contributed by atoms with Gasteiger partial charge in [-0.3, -0.25) is 4.90 Å². The number of fused-ring (bicyclic) bond motifs is 3. The molecule has 2 aromatic carbocycles. The molecule has 23 heavy (non-hydrogen) atoms. The van der Waals surface area contributed by atoms with Gasteiger partial charge in [-0.25, -0.2) is 0 Å². The number of aliphatic hydroxyl groups excluding tert-OH is 1. The normalized spacial score (nSPS) is 23.7. The predicted octanol–water partition coefficient (Wildman–Crippen LogP) is 2.91. The van der Waals surface area contributed by atoms with Crippen molar-refractivity contribution in [1.29, 1.82) is 0 Å². The minimum atomic E-state index is 0.0996. The van der Waals surface area contributed by atoms with Crippen LogP contribution in [0.5, 0.6) is 0 Å². The number of piperazine rings is 1. The number of aliphatic hydroxyl groups is 1. The molecule has 2 aromatic rings. The van der Waals surface area contributed by atoms with Crippen molar-refractivity contribution >= 4 is 5.69 Å². The number of hydrogen-bond donors (Lipinski definition) is 1. The molecule has 1 aliphatic heterocycles. The maximum Gasteiger partial charge on any atom is 0.0704 e. The van der Waals surface area contributed by atoms with Gasteiger partial charge in [0.15, 0.2) is 0 Å². The second-order valence-corrected chi connectivity index (χ2v) is 6.88. The van der Waals surface area contributed by atoms with Crippen LogP contribution in [0.1, 0.15) is 28.3 Å². The number of likely N-dealkylation sites (N-methyl/N-ethyl adjacent to an activating group) is 1. The first-order valence-electron chi connectivity index (χ1n) is 8.44. The number of benzene rings is 2. The number of hydrogen-bond acceptors (Lipinski definition) is 3. The van der Waals surface area contributed by atoms with Gasteiger partial charge in [0.2, 0.25) is 0 Å². The van der Waals surface area contributed by atoms with Crippen molar-refractivity contribution in [1.82, 2.24) is 4.90 Å². The second kappa shape index (κ2) is 5.66. The number of aryl methyl sites for hydroxylation is 1. The van der Waals surface area contributed by atoms with Crippen molar-refractivity contribution in [2.24, 2.45) is 0 Å². The lowest BCUT2D eigenvalue weighted by atomic mass is 9.98. The molecule has 1 aliphatic carbocycles. The Labute approximate surface area is 138 Å². The molecule has 2 unspecified atom stereocenters. The summed E-state index contributed by atoms with van der Waals surface area (Å²) >= 11 is 0. The third-order valence-corrected chi connectivity index (χ3v) is 5.48. The van der Waals surface area contributed by atoms with Gasteiger partial charge in [-0.15, -0.1) is 0 Å². The highest BCUT2D eigenvalue weighted by Gasteiger charge is 2.42. The Morgan fingerprint density at radius 1 is 1.13 bits per heavy atom. The highest BCUT2D eigenvalue weighted by atomic mass is 16.3. The van der Waals surface area contributed by atoms with E-state index in [4.69, 9.17) is 0 Å². The molecule has 3 heteroatoms. The molecule has 1 heterocycles. The van der Waals surface area contributed by atoms with Crippen LogP contribution in [0.2, 0.25) is 0 Å². The predicted molar refractivity (Wildman–Crippen MR) is 93.8 cm³/mol. The zero-order chi connectivity index (χ0) is 16.0. The van der Waals surface area contributed by atoms with Crippen LogP contribution < -0.4 is 4.90 Å². The molecule has 0 amide bonds. The van der Waals surface area contributed by atoms with E-state index in [0.717, 1.165) is 25.1 Å². The minimum Gasteiger partial charge on any atom is -0.392 e. The summed E-state index contributed by atoms with van der Waals surface area (Å²) in [5.41, 5.74) is 6.36. The fourth-order valence-electron chi connectivity index (χ4n) is 4.29. The summed E-state index contributed by atoms with van der Waals surface area (Å²) in [5, 5.41) is 9.82. The molecule has 3 nitrogen and oxygen atoms in total. The Kier molecular flexibility index (Phi) is 3.63. The van der Waals surface area contributed by atoms with Crippen LogP contribution >= 0.6 is 0 Å². The van der Waals surface area contributed by atoms with Gasteiger partial charge in [-0.1, -0.05) is 42.0 Å². The van der Waals surface area contributed by atoms with Gasteiger partial charge in [-0.05, 0) is 37.6 Å². The summed E-state index contributed by atoms with van der Waals surface area (Å²) in [6.45, 7) is 4.25. The van der Waals surface area contributed by atoms with Crippen molar-refractivity contribution in [3.05, 3.63) is 64.7 Å². The molecular weight excluding hydrogens is 284 g/mol. The van der Waals surface area contributed by atoms with E-state index in [1.165, 1.54) is 22.4 Å². The fraction of sp³-hybridized carbons (Fsp3) is 0.400. The average molecular weight is 308 g/mol. The zero-order valence-electron chi connectivity index (χ0n) is 13.9. The van der Waals surface area contributed by atoms with Crippen LogP contribution in [0.25, 0.3) is 0 Å². The first-order chi connectivity index (χ1) is 11.2. The Bertz CT molecular complexity index is 727. The summed E-state index contributed by atoms with van der Waals surface area (Å²) in [7, 11) is 2.24. The van der Waals surface area contributed by atoms with E-state index in [1.54, 1.807) is 0 Å². The SMILES string of the molecule is Cc1ccc(N2CCN(C)C3Cc4ccccc4C32)c(CO)c1. The molecule has 0 bridgehead atoms. The smallest absolute Gasteiger partial charge is 0.0704 e. The van der Waals surface area contributed by atoms with Crippen LogP contribution in [-0.2, 0) is 13.0 Å². The molecule has 1 saturated heterocycles. The first kappa shape index (κ1) is 14.7. The molecule has 120 valence electrons. The zero-order valence-corrected chi connectivity index (χ0v) is 13.9. The number of rotatable bonds is 2. The minimum absolute atomic E-state index is 0.0996. The van der Waals surface area contributed by atoms with Crippen molar-refractivity contribution in [3.8, 4) is 0 Å². The van der Waals surface area contributed by atoms with E-state index in [-0.39, 0.29) is 6.61 Å². The molecule has 1 N–H and O–H groups in total. The third-order valence-electron chi connectivity index (χ3n) is 5.48. The summed E-state index contributed by atoms with van der Waals surface area (Å²) in [4.78, 5) is 5.01. The van der Waals surface area contributed by atoms with E-state index >= 15 is 0 Å². The van der Waals surface area contributed by atoms with Crippen molar-refractivity contribution in [2.45, 2.75) is 32.0 Å². The molecule has 0 radical (unpaired) electrons. The largest absolute Gasteiger partial charge is 0.392 e. The highest BCUT2D eigenvalue weighted by Crippen LogP contribution is 2.43. The van der Waals surface area contributed by atoms with Crippen LogP contribution in [0.3, 0.4) is 0 Å². The summed E-state index contributed by atoms with van der Waals surface area (Å²) in [6.07, 6.45) is 1.12. The van der Waals surface area contributed by atoms with E-state index < -0.39 is 0 Å². The van der Waals surface area contributed by atoms with Gasteiger partial charge in [0.25, 0.3) is 0 Å². The van der Waals surface area contributed by atoms with E-state index in [1.807, 2.05) is 0 Å². The van der Waals surface area contributed by atoms with Crippen molar-refractivity contribution in [3.63, 3.8) is 0 Å². The molecule has 0 saturated carbocycles. The van der Waals surface area contributed by atoms with E-state index in [9.17, 15) is 5.11 Å². The summed E-state index contributed by atoms with van der Waals surface area (Å²) in [6, 6.07) is 16.2. The van der Waals surface area contributed by atoms with E-state index in [0.29, 0.717) is 12.1 Å². The lowest BCUT2D eigenvalue weighted by molar-refractivity contribution is 0.185. The lowest BCUT2D eigenvalue weighted by Gasteiger charge is -2.45. The van der Waals surface area contributed by atoms with Crippen LogP contribution in [0, 0.1) is 6.92 Å². The van der Waals surface area contributed by atoms with Gasteiger partial charge >= 0.3 is 0 Å². The van der Waals surface area contributed by atoms with Gasteiger partial charge in [0.05, 0.1) is 12.6 Å². The summed E-state index contributed by atoms with van der Waals surface area (Å²) in [5.74, 6) is 0. The fourth-order valence-corrected chi connectivity index (χ4v) is 4.29. The van der Waals surface area contributed by atoms with Gasteiger partial charge in [0.1, 0.15) is 0 Å². The molecule has 4 rings (SSSR count). The molecular formula is C20H24N2O. The molecule has 1 fully saturated rings. The topological polar surface area (TPSA) is 26.7 Å². The van der Waals surface area contributed by atoms with Gasteiger partial charge in [-0.2, -0.15) is 0 Å². The number of anilines is 1. The first-order valence-corrected chi connectivity index (χ1v) is 8.44. The van der Waals surface area contributed by atoms with Crippen LogP contribution in [0.15, 0.2) is 42.5 Å². The Balaban J connectivity index is 1.80. The molecule has 0 aromatic heterocycles. The Morgan fingerprint density at radius 3 is 2.78 bits per heavy atom. The standard InChI is InChI=1S/C20H24N2O/c1-14-7-8-18(16(11-14)13-23)22-10-9-21(2)19-12-15-5-3-4-6-17(15)20(19)22/h3-8,11,19-20,23H,9-10,12-13H2,1-2H3.